The van der Waals surface area contributed by atoms with Crippen LogP contribution in [-0.2, 0) is 0 Å². The molecule has 0 saturated heterocycles. The van der Waals surface area contributed by atoms with Crippen molar-refractivity contribution in [2.45, 2.75) is 18.6 Å². The standard InChI is InChI=1S/C17H15N3O/c18-20-19-15-11-14(12-7-3-1-4-8-12)16(17(15)21)13-9-5-2-6-10-13/h1-10,15,17,21H,11H2/t15-,17+/m0/s1. The third kappa shape index (κ3) is 2.55. The Morgan fingerprint density at radius 1 is 0.952 bits per heavy atom. The average Bonchev–Trinajstić information content (AvgIpc) is 2.86. The normalized spacial score (nSPS) is 21.2. The Labute approximate surface area is 123 Å². The molecule has 2 atom stereocenters. The zero-order chi connectivity index (χ0) is 14.7. The number of aliphatic hydroxyl groups is 1. The molecular weight excluding hydrogens is 262 g/mol. The van der Waals surface area contributed by atoms with Crippen LogP contribution < -0.4 is 0 Å². The van der Waals surface area contributed by atoms with E-state index in [0.717, 1.165) is 22.3 Å². The molecule has 0 aliphatic heterocycles. The molecule has 104 valence electrons. The Bertz CT molecular complexity index is 703. The Hall–Kier alpha value is -2.55. The van der Waals surface area contributed by atoms with Gasteiger partial charge < -0.3 is 5.11 Å². The molecule has 21 heavy (non-hydrogen) atoms. The van der Waals surface area contributed by atoms with E-state index in [1.54, 1.807) is 0 Å². The van der Waals surface area contributed by atoms with Crippen molar-refractivity contribution in [2.75, 3.05) is 0 Å². The third-order valence-electron chi connectivity index (χ3n) is 3.81. The van der Waals surface area contributed by atoms with E-state index in [1.165, 1.54) is 0 Å². The summed E-state index contributed by atoms with van der Waals surface area (Å²) in [4.78, 5) is 2.86. The highest BCUT2D eigenvalue weighted by Gasteiger charge is 2.33. The van der Waals surface area contributed by atoms with Crippen LogP contribution in [0.25, 0.3) is 21.6 Å². The van der Waals surface area contributed by atoms with Gasteiger partial charge >= 0.3 is 0 Å². The maximum absolute atomic E-state index is 10.5. The molecule has 0 radical (unpaired) electrons. The lowest BCUT2D eigenvalue weighted by molar-refractivity contribution is 0.210. The summed E-state index contributed by atoms with van der Waals surface area (Å²) < 4.78 is 0. The molecule has 0 saturated carbocycles. The van der Waals surface area contributed by atoms with E-state index in [2.05, 4.69) is 10.0 Å². The summed E-state index contributed by atoms with van der Waals surface area (Å²) in [7, 11) is 0. The van der Waals surface area contributed by atoms with Crippen molar-refractivity contribution in [3.05, 3.63) is 82.2 Å². The number of rotatable bonds is 3. The minimum atomic E-state index is -0.765. The summed E-state index contributed by atoms with van der Waals surface area (Å²) >= 11 is 0. The van der Waals surface area contributed by atoms with Gasteiger partial charge in [0.05, 0.1) is 12.1 Å². The molecule has 4 heteroatoms. The van der Waals surface area contributed by atoms with E-state index < -0.39 is 12.1 Å². The highest BCUT2D eigenvalue weighted by Crippen LogP contribution is 2.41. The van der Waals surface area contributed by atoms with Crippen molar-refractivity contribution in [3.8, 4) is 0 Å². The van der Waals surface area contributed by atoms with Crippen molar-refractivity contribution in [2.24, 2.45) is 5.11 Å². The van der Waals surface area contributed by atoms with Crippen molar-refractivity contribution in [3.63, 3.8) is 0 Å². The van der Waals surface area contributed by atoms with Gasteiger partial charge in [0.2, 0.25) is 0 Å². The van der Waals surface area contributed by atoms with Crippen LogP contribution >= 0.6 is 0 Å². The van der Waals surface area contributed by atoms with Crippen LogP contribution in [0.1, 0.15) is 17.5 Å². The third-order valence-corrected chi connectivity index (χ3v) is 3.81. The summed E-state index contributed by atoms with van der Waals surface area (Å²) in [6.07, 6.45) is -0.210. The zero-order valence-corrected chi connectivity index (χ0v) is 11.4. The van der Waals surface area contributed by atoms with Crippen LogP contribution in [0.15, 0.2) is 65.8 Å². The van der Waals surface area contributed by atoms with E-state index in [4.69, 9.17) is 5.53 Å². The quantitative estimate of drug-likeness (QED) is 0.513. The van der Waals surface area contributed by atoms with Gasteiger partial charge in [0.25, 0.3) is 0 Å². The van der Waals surface area contributed by atoms with E-state index >= 15 is 0 Å². The molecule has 1 N–H and O–H groups in total. The van der Waals surface area contributed by atoms with Crippen molar-refractivity contribution >= 4 is 11.1 Å². The minimum Gasteiger partial charge on any atom is -0.388 e. The number of nitrogens with zero attached hydrogens (tertiary/aromatic N) is 3. The zero-order valence-electron chi connectivity index (χ0n) is 11.4. The Morgan fingerprint density at radius 2 is 1.52 bits per heavy atom. The summed E-state index contributed by atoms with van der Waals surface area (Å²) in [5.74, 6) is 0. The molecule has 0 spiro atoms. The van der Waals surface area contributed by atoms with Gasteiger partial charge in [-0.1, -0.05) is 65.8 Å². The summed E-state index contributed by atoms with van der Waals surface area (Å²) in [5.41, 5.74) is 12.6. The Balaban J connectivity index is 2.13. The number of hydrogen-bond acceptors (Lipinski definition) is 2. The van der Waals surface area contributed by atoms with Gasteiger partial charge in [-0.15, -0.1) is 0 Å². The summed E-state index contributed by atoms with van der Waals surface area (Å²) in [5, 5.41) is 14.3. The second kappa shape index (κ2) is 5.83. The number of benzene rings is 2. The molecule has 0 aromatic heterocycles. The molecule has 2 aromatic rings. The van der Waals surface area contributed by atoms with E-state index in [1.807, 2.05) is 60.7 Å². The highest BCUT2D eigenvalue weighted by molar-refractivity contribution is 5.95. The van der Waals surface area contributed by atoms with Crippen molar-refractivity contribution in [1.82, 2.24) is 0 Å². The fourth-order valence-electron chi connectivity index (χ4n) is 2.85. The molecule has 3 rings (SSSR count). The van der Waals surface area contributed by atoms with Crippen molar-refractivity contribution in [1.29, 1.82) is 0 Å². The van der Waals surface area contributed by atoms with Gasteiger partial charge in [0.1, 0.15) is 0 Å². The van der Waals surface area contributed by atoms with Gasteiger partial charge in [-0.3, -0.25) is 0 Å². The Kier molecular flexibility index (Phi) is 3.73. The maximum Gasteiger partial charge on any atom is 0.0886 e. The van der Waals surface area contributed by atoms with E-state index in [0.29, 0.717) is 6.42 Å². The minimum absolute atomic E-state index is 0.444. The molecule has 0 heterocycles. The molecule has 0 amide bonds. The second-order valence-corrected chi connectivity index (χ2v) is 5.05. The molecular formula is C17H15N3O. The molecule has 1 aliphatic carbocycles. The van der Waals surface area contributed by atoms with Crippen LogP contribution in [0.3, 0.4) is 0 Å². The fourth-order valence-corrected chi connectivity index (χ4v) is 2.85. The average molecular weight is 277 g/mol. The number of azide groups is 1. The summed E-state index contributed by atoms with van der Waals surface area (Å²) in [6, 6.07) is 19.3. The Morgan fingerprint density at radius 3 is 2.10 bits per heavy atom. The lowest BCUT2D eigenvalue weighted by Gasteiger charge is -2.13. The van der Waals surface area contributed by atoms with Crippen LogP contribution in [-0.4, -0.2) is 17.3 Å². The molecule has 0 bridgehead atoms. The highest BCUT2D eigenvalue weighted by atomic mass is 16.3. The monoisotopic (exact) mass is 277 g/mol. The lowest BCUT2D eigenvalue weighted by atomic mass is 9.96. The van der Waals surface area contributed by atoms with E-state index in [-0.39, 0.29) is 0 Å². The first-order chi connectivity index (χ1) is 10.3. The fraction of sp³-hybridized carbons (Fsp3) is 0.176. The molecule has 0 unspecified atom stereocenters. The van der Waals surface area contributed by atoms with Gasteiger partial charge in [0, 0.05) is 4.91 Å². The van der Waals surface area contributed by atoms with Gasteiger partial charge in [-0.2, -0.15) is 0 Å². The first-order valence-corrected chi connectivity index (χ1v) is 6.87. The van der Waals surface area contributed by atoms with Crippen molar-refractivity contribution < 1.29 is 5.11 Å². The van der Waals surface area contributed by atoms with Crippen LogP contribution in [0.4, 0.5) is 0 Å². The number of hydrogen-bond donors (Lipinski definition) is 1. The number of aliphatic hydroxyl groups excluding tert-OH is 1. The molecule has 4 nitrogen and oxygen atoms in total. The van der Waals surface area contributed by atoms with Gasteiger partial charge in [-0.05, 0) is 34.2 Å². The van der Waals surface area contributed by atoms with Crippen LogP contribution in [0.5, 0.6) is 0 Å². The van der Waals surface area contributed by atoms with Gasteiger partial charge in [0.15, 0.2) is 0 Å². The maximum atomic E-state index is 10.5. The smallest absolute Gasteiger partial charge is 0.0886 e. The topological polar surface area (TPSA) is 69.0 Å². The largest absolute Gasteiger partial charge is 0.388 e. The SMILES string of the molecule is [N-]=[N+]=N[C@H]1CC(c2ccccc2)=C(c2ccccc2)[C@@H]1O. The first kappa shape index (κ1) is 13.4. The predicted octanol–water partition coefficient (Wildman–Crippen LogP) is 4.04. The summed E-state index contributed by atoms with van der Waals surface area (Å²) in [6.45, 7) is 0. The molecule has 0 fully saturated rings. The molecule has 1 aliphatic rings. The first-order valence-electron chi connectivity index (χ1n) is 6.87. The van der Waals surface area contributed by atoms with Crippen LogP contribution in [0, 0.1) is 0 Å². The second-order valence-electron chi connectivity index (χ2n) is 5.05. The van der Waals surface area contributed by atoms with Crippen LogP contribution in [0.2, 0.25) is 0 Å². The predicted molar refractivity (Wildman–Crippen MR) is 83.3 cm³/mol. The molecule has 2 aromatic carbocycles. The van der Waals surface area contributed by atoms with E-state index in [9.17, 15) is 5.11 Å². The lowest BCUT2D eigenvalue weighted by Crippen LogP contribution is -2.19. The van der Waals surface area contributed by atoms with Gasteiger partial charge in [-0.25, -0.2) is 0 Å².